The normalized spacial score (nSPS) is 19.3. The minimum absolute atomic E-state index is 0.265. The van der Waals surface area contributed by atoms with Crippen molar-refractivity contribution < 1.29 is 13.5 Å². The van der Waals surface area contributed by atoms with E-state index in [9.17, 15) is 8.78 Å². The van der Waals surface area contributed by atoms with Crippen molar-refractivity contribution in [3.05, 3.63) is 29.3 Å². The van der Waals surface area contributed by atoms with Crippen LogP contribution in [0, 0.1) is 0 Å². The van der Waals surface area contributed by atoms with Gasteiger partial charge in [-0.25, -0.2) is 0 Å². The SMILES string of the molecule is CNC1CCc2c(OC(F)F)cccc21. The summed E-state index contributed by atoms with van der Waals surface area (Å²) in [4.78, 5) is 0. The highest BCUT2D eigenvalue weighted by molar-refractivity contribution is 5.45. The van der Waals surface area contributed by atoms with Gasteiger partial charge in [0.25, 0.3) is 0 Å². The second kappa shape index (κ2) is 4.14. The first kappa shape index (κ1) is 10.4. The van der Waals surface area contributed by atoms with E-state index in [0.717, 1.165) is 24.0 Å². The molecule has 0 fully saturated rings. The van der Waals surface area contributed by atoms with Crippen LogP contribution in [0.4, 0.5) is 8.78 Å². The highest BCUT2D eigenvalue weighted by atomic mass is 19.3. The molecule has 0 aliphatic heterocycles. The molecule has 15 heavy (non-hydrogen) atoms. The molecule has 0 radical (unpaired) electrons. The highest BCUT2D eigenvalue weighted by Gasteiger charge is 2.24. The maximum Gasteiger partial charge on any atom is 0.387 e. The topological polar surface area (TPSA) is 21.3 Å². The average Bonchev–Trinajstić information content (AvgIpc) is 2.61. The van der Waals surface area contributed by atoms with Crippen LogP contribution in [-0.4, -0.2) is 13.7 Å². The molecule has 2 rings (SSSR count). The molecule has 0 saturated heterocycles. The zero-order valence-electron chi connectivity index (χ0n) is 8.47. The lowest BCUT2D eigenvalue weighted by Crippen LogP contribution is -2.12. The Morgan fingerprint density at radius 2 is 2.27 bits per heavy atom. The maximum absolute atomic E-state index is 12.1. The van der Waals surface area contributed by atoms with Gasteiger partial charge in [0, 0.05) is 6.04 Å². The maximum atomic E-state index is 12.1. The molecule has 2 nitrogen and oxygen atoms in total. The van der Waals surface area contributed by atoms with Gasteiger partial charge < -0.3 is 10.1 Å². The average molecular weight is 213 g/mol. The van der Waals surface area contributed by atoms with Gasteiger partial charge in [-0.2, -0.15) is 8.78 Å². The van der Waals surface area contributed by atoms with Crippen LogP contribution >= 0.6 is 0 Å². The fourth-order valence-electron chi connectivity index (χ4n) is 2.13. The van der Waals surface area contributed by atoms with Gasteiger partial charge in [0.1, 0.15) is 5.75 Å². The monoisotopic (exact) mass is 213 g/mol. The molecule has 0 spiro atoms. The Balaban J connectivity index is 2.31. The third-order valence-electron chi connectivity index (χ3n) is 2.79. The molecule has 0 amide bonds. The summed E-state index contributed by atoms with van der Waals surface area (Å²) in [5.74, 6) is 0.320. The van der Waals surface area contributed by atoms with Gasteiger partial charge in [-0.3, -0.25) is 0 Å². The first-order valence-electron chi connectivity index (χ1n) is 4.96. The summed E-state index contributed by atoms with van der Waals surface area (Å²) in [5, 5.41) is 3.16. The standard InChI is InChI=1S/C11H13F2NO/c1-14-9-6-5-8-7(9)3-2-4-10(8)15-11(12)13/h2-4,9,11,14H,5-6H2,1H3. The van der Waals surface area contributed by atoms with Crippen molar-refractivity contribution in [3.63, 3.8) is 0 Å². The highest BCUT2D eigenvalue weighted by Crippen LogP contribution is 2.37. The van der Waals surface area contributed by atoms with E-state index < -0.39 is 6.61 Å². The minimum Gasteiger partial charge on any atom is -0.435 e. The summed E-state index contributed by atoms with van der Waals surface area (Å²) >= 11 is 0. The van der Waals surface area contributed by atoms with Crippen molar-refractivity contribution in [3.8, 4) is 5.75 Å². The van der Waals surface area contributed by atoms with Gasteiger partial charge >= 0.3 is 6.61 Å². The Hall–Kier alpha value is -1.16. The van der Waals surface area contributed by atoms with Crippen molar-refractivity contribution in [1.82, 2.24) is 5.32 Å². The third kappa shape index (κ3) is 1.95. The van der Waals surface area contributed by atoms with Crippen LogP contribution in [0.25, 0.3) is 0 Å². The molecule has 0 heterocycles. The van der Waals surface area contributed by atoms with E-state index >= 15 is 0 Å². The van der Waals surface area contributed by atoms with Crippen molar-refractivity contribution >= 4 is 0 Å². The quantitative estimate of drug-likeness (QED) is 0.832. The molecule has 1 unspecified atom stereocenters. The number of ether oxygens (including phenoxy) is 1. The first-order valence-corrected chi connectivity index (χ1v) is 4.96. The Kier molecular flexibility index (Phi) is 2.86. The van der Waals surface area contributed by atoms with Gasteiger partial charge in [0.2, 0.25) is 0 Å². The number of nitrogens with one attached hydrogen (secondary N) is 1. The molecule has 1 aromatic carbocycles. The third-order valence-corrected chi connectivity index (χ3v) is 2.79. The molecule has 1 aliphatic carbocycles. The molecule has 82 valence electrons. The molecule has 1 atom stereocenters. The number of benzene rings is 1. The number of halogens is 2. The lowest BCUT2D eigenvalue weighted by molar-refractivity contribution is -0.0503. The second-order valence-electron chi connectivity index (χ2n) is 3.58. The van der Waals surface area contributed by atoms with Crippen LogP contribution in [-0.2, 0) is 6.42 Å². The lowest BCUT2D eigenvalue weighted by atomic mass is 10.1. The molecule has 0 saturated carbocycles. The van der Waals surface area contributed by atoms with Gasteiger partial charge in [-0.1, -0.05) is 12.1 Å². The van der Waals surface area contributed by atoms with E-state index in [1.54, 1.807) is 12.1 Å². The van der Waals surface area contributed by atoms with Crippen LogP contribution in [0.15, 0.2) is 18.2 Å². The van der Waals surface area contributed by atoms with Crippen molar-refractivity contribution in [2.45, 2.75) is 25.5 Å². The second-order valence-corrected chi connectivity index (χ2v) is 3.58. The molecule has 1 aliphatic rings. The van der Waals surface area contributed by atoms with E-state index in [2.05, 4.69) is 10.1 Å². The molecular formula is C11H13F2NO. The molecular weight excluding hydrogens is 200 g/mol. The number of alkyl halides is 2. The molecule has 1 aromatic rings. The summed E-state index contributed by atoms with van der Waals surface area (Å²) in [7, 11) is 1.88. The van der Waals surface area contributed by atoms with Gasteiger partial charge in [-0.05, 0) is 37.1 Å². The lowest BCUT2D eigenvalue weighted by Gasteiger charge is -2.12. The largest absolute Gasteiger partial charge is 0.435 e. The van der Waals surface area contributed by atoms with E-state index in [0.29, 0.717) is 5.75 Å². The predicted molar refractivity (Wildman–Crippen MR) is 53.2 cm³/mol. The Morgan fingerprint density at radius 1 is 1.47 bits per heavy atom. The van der Waals surface area contributed by atoms with E-state index in [-0.39, 0.29) is 6.04 Å². The Labute approximate surface area is 87.2 Å². The van der Waals surface area contributed by atoms with Crippen LogP contribution in [0.2, 0.25) is 0 Å². The molecule has 4 heteroatoms. The zero-order chi connectivity index (χ0) is 10.8. The van der Waals surface area contributed by atoms with Crippen molar-refractivity contribution in [2.75, 3.05) is 7.05 Å². The smallest absolute Gasteiger partial charge is 0.387 e. The molecule has 1 N–H and O–H groups in total. The number of fused-ring (bicyclic) bond motifs is 1. The summed E-state index contributed by atoms with van der Waals surface area (Å²) in [6.07, 6.45) is 1.74. The van der Waals surface area contributed by atoms with E-state index in [4.69, 9.17) is 0 Å². The fraction of sp³-hybridized carbons (Fsp3) is 0.455. The molecule has 0 bridgehead atoms. The van der Waals surface area contributed by atoms with Gasteiger partial charge in [0.05, 0.1) is 0 Å². The number of hydrogen-bond acceptors (Lipinski definition) is 2. The summed E-state index contributed by atoms with van der Waals surface area (Å²) in [6, 6.07) is 5.58. The zero-order valence-corrected chi connectivity index (χ0v) is 8.47. The van der Waals surface area contributed by atoms with Crippen LogP contribution in [0.5, 0.6) is 5.75 Å². The first-order chi connectivity index (χ1) is 7.22. The van der Waals surface area contributed by atoms with Crippen LogP contribution < -0.4 is 10.1 Å². The summed E-state index contributed by atoms with van der Waals surface area (Å²) in [6.45, 7) is -2.75. The Morgan fingerprint density at radius 3 is 2.93 bits per heavy atom. The fourth-order valence-corrected chi connectivity index (χ4v) is 2.13. The summed E-state index contributed by atoms with van der Waals surface area (Å²) < 4.78 is 28.7. The van der Waals surface area contributed by atoms with Gasteiger partial charge in [-0.15, -0.1) is 0 Å². The Bertz CT molecular complexity index is 354. The summed E-state index contributed by atoms with van der Waals surface area (Å²) in [5.41, 5.74) is 1.99. The van der Waals surface area contributed by atoms with Crippen LogP contribution in [0.3, 0.4) is 0 Å². The van der Waals surface area contributed by atoms with E-state index in [1.807, 2.05) is 13.1 Å². The van der Waals surface area contributed by atoms with Crippen LogP contribution in [0.1, 0.15) is 23.6 Å². The number of hydrogen-bond donors (Lipinski definition) is 1. The van der Waals surface area contributed by atoms with Crippen molar-refractivity contribution in [2.24, 2.45) is 0 Å². The predicted octanol–water partition coefficient (Wildman–Crippen LogP) is 2.49. The van der Waals surface area contributed by atoms with Gasteiger partial charge in [0.15, 0.2) is 0 Å². The van der Waals surface area contributed by atoms with E-state index in [1.165, 1.54) is 0 Å². The number of rotatable bonds is 3. The molecule has 0 aromatic heterocycles. The van der Waals surface area contributed by atoms with Crippen molar-refractivity contribution in [1.29, 1.82) is 0 Å². The minimum atomic E-state index is -2.75.